The van der Waals surface area contributed by atoms with Crippen LogP contribution < -0.4 is 5.32 Å². The molecule has 0 radical (unpaired) electrons. The molecule has 1 aromatic carbocycles. The van der Waals surface area contributed by atoms with Crippen LogP contribution in [0.15, 0.2) is 94.1 Å². The Hall–Kier alpha value is -4.33. The van der Waals surface area contributed by atoms with Crippen molar-refractivity contribution in [3.8, 4) is 5.69 Å². The highest BCUT2D eigenvalue weighted by Gasteiger charge is 2.13. The number of nitrogens with zero attached hydrogens (tertiary/aromatic N) is 5. The maximum absolute atomic E-state index is 13.5. The molecule has 0 amide bonds. The number of aldehydes is 1. The van der Waals surface area contributed by atoms with Crippen molar-refractivity contribution in [3.05, 3.63) is 95.3 Å². The lowest BCUT2D eigenvalue weighted by atomic mass is 10.1. The molecule has 192 valence electrons. The Bertz CT molecular complexity index is 1290. The van der Waals surface area contributed by atoms with Gasteiger partial charge in [0.1, 0.15) is 11.6 Å². The average Bonchev–Trinajstić information content (AvgIpc) is 3.26. The van der Waals surface area contributed by atoms with Gasteiger partial charge in [-0.1, -0.05) is 49.8 Å². The number of carbonyl (C=O) groups is 1. The first-order valence-electron chi connectivity index (χ1n) is 12.4. The maximum atomic E-state index is 13.5. The summed E-state index contributed by atoms with van der Waals surface area (Å²) in [7, 11) is 1.87. The fraction of sp³-hybridized carbons (Fsp3) is 0.241. The van der Waals surface area contributed by atoms with E-state index in [1.54, 1.807) is 23.4 Å². The van der Waals surface area contributed by atoms with E-state index in [0.717, 1.165) is 34.8 Å². The van der Waals surface area contributed by atoms with Gasteiger partial charge in [-0.25, -0.2) is 9.07 Å². The van der Waals surface area contributed by atoms with E-state index < -0.39 is 0 Å². The van der Waals surface area contributed by atoms with Gasteiger partial charge in [0.2, 0.25) is 0 Å². The molecule has 7 nitrogen and oxygen atoms in total. The summed E-state index contributed by atoms with van der Waals surface area (Å²) in [4.78, 5) is 14.6. The van der Waals surface area contributed by atoms with Gasteiger partial charge in [-0.2, -0.15) is 10.2 Å². The molecule has 1 aliphatic carbocycles. The van der Waals surface area contributed by atoms with Gasteiger partial charge in [-0.05, 0) is 37.6 Å². The van der Waals surface area contributed by atoms with E-state index in [9.17, 15) is 9.18 Å². The Morgan fingerprint density at radius 3 is 2.65 bits per heavy atom. The second-order valence-corrected chi connectivity index (χ2v) is 8.07. The molecule has 2 aliphatic heterocycles. The highest BCUT2D eigenvalue weighted by Crippen LogP contribution is 2.25. The Morgan fingerprint density at radius 1 is 1.14 bits per heavy atom. The Balaban J connectivity index is 0.000000228. The summed E-state index contributed by atoms with van der Waals surface area (Å²) < 4.78 is 15.4. The molecule has 3 heterocycles. The lowest BCUT2D eigenvalue weighted by molar-refractivity contribution is -0.104. The van der Waals surface area contributed by atoms with Gasteiger partial charge in [0.15, 0.2) is 6.29 Å². The smallest absolute Gasteiger partial charge is 0.153 e. The standard InChI is InChI=1S/C19H20FN3.C8H7N3O.C2H6/c1-14-7-11-17(12-8-14)23-19(21-2)13-18(22-23)15-5-3-4-6-16(20)10-9-15;12-6-7-4-10-11-3-1-2-9-8(7)5-11;1-2/h3,5,7-13,21H,4,6H2,1-2H3;1-4,6H,5H2;1-2H3/b5-3-,15-9+,16-10+;;. The van der Waals surface area contributed by atoms with Crippen molar-refractivity contribution in [2.24, 2.45) is 10.1 Å². The third-order valence-electron chi connectivity index (χ3n) is 5.52. The molecule has 1 N–H and O–H groups in total. The summed E-state index contributed by atoms with van der Waals surface area (Å²) in [6, 6.07) is 10.2. The molecule has 3 aliphatic rings. The van der Waals surface area contributed by atoms with Gasteiger partial charge in [-0.3, -0.25) is 14.8 Å². The van der Waals surface area contributed by atoms with Gasteiger partial charge in [-0.15, -0.1) is 0 Å². The third kappa shape index (κ3) is 7.33. The van der Waals surface area contributed by atoms with Crippen LogP contribution in [0.2, 0.25) is 0 Å². The predicted molar refractivity (Wildman–Crippen MR) is 151 cm³/mol. The zero-order chi connectivity index (χ0) is 26.6. The molecule has 37 heavy (non-hydrogen) atoms. The van der Waals surface area contributed by atoms with Crippen LogP contribution in [0, 0.1) is 6.92 Å². The number of aliphatic imine (C=N–C) groups is 1. The molecule has 0 atom stereocenters. The zero-order valence-corrected chi connectivity index (χ0v) is 21.7. The summed E-state index contributed by atoms with van der Waals surface area (Å²) in [5, 5.41) is 13.6. The molecular formula is C29H33FN6O. The van der Waals surface area contributed by atoms with E-state index in [1.807, 2.05) is 62.1 Å². The summed E-state index contributed by atoms with van der Waals surface area (Å²) in [5.74, 6) is 0.795. The number of allylic oxidation sites excluding steroid dienone is 8. The first-order chi connectivity index (χ1) is 18.1. The van der Waals surface area contributed by atoms with Gasteiger partial charge in [0.25, 0.3) is 0 Å². The van der Waals surface area contributed by atoms with Crippen LogP contribution in [0.3, 0.4) is 0 Å². The minimum Gasteiger partial charge on any atom is -0.373 e. The van der Waals surface area contributed by atoms with Crippen molar-refractivity contribution in [3.63, 3.8) is 0 Å². The Kier molecular flexibility index (Phi) is 10.1. The van der Waals surface area contributed by atoms with Crippen molar-refractivity contribution in [1.82, 2.24) is 14.8 Å². The fourth-order valence-electron chi connectivity index (χ4n) is 3.58. The van der Waals surface area contributed by atoms with E-state index in [4.69, 9.17) is 0 Å². The minimum atomic E-state index is -0.0985. The molecule has 0 spiro atoms. The fourth-order valence-corrected chi connectivity index (χ4v) is 3.58. The highest BCUT2D eigenvalue weighted by atomic mass is 19.1. The number of nitrogens with one attached hydrogen (secondary N) is 1. The number of hydrazone groups is 1. The van der Waals surface area contributed by atoms with Crippen molar-refractivity contribution in [2.45, 2.75) is 33.6 Å². The molecule has 8 heteroatoms. The second kappa shape index (κ2) is 13.7. The summed E-state index contributed by atoms with van der Waals surface area (Å²) >= 11 is 0. The normalized spacial score (nSPS) is 19.4. The van der Waals surface area contributed by atoms with Crippen molar-refractivity contribution in [2.75, 3.05) is 18.9 Å². The number of aromatic nitrogens is 2. The summed E-state index contributed by atoms with van der Waals surface area (Å²) in [6.07, 6.45) is 16.0. The molecule has 2 aromatic rings. The van der Waals surface area contributed by atoms with Crippen LogP contribution in [-0.2, 0) is 4.79 Å². The first kappa shape index (κ1) is 27.3. The largest absolute Gasteiger partial charge is 0.373 e. The van der Waals surface area contributed by atoms with Gasteiger partial charge in [0, 0.05) is 37.5 Å². The molecule has 0 unspecified atom stereocenters. The number of benzene rings is 1. The van der Waals surface area contributed by atoms with Crippen LogP contribution in [0.25, 0.3) is 11.3 Å². The van der Waals surface area contributed by atoms with Crippen molar-refractivity contribution >= 4 is 30.1 Å². The van der Waals surface area contributed by atoms with Crippen LogP contribution >= 0.6 is 0 Å². The number of anilines is 1. The Morgan fingerprint density at radius 2 is 1.92 bits per heavy atom. The molecule has 1 aromatic heterocycles. The van der Waals surface area contributed by atoms with E-state index in [1.165, 1.54) is 17.9 Å². The molecule has 0 saturated heterocycles. The number of fused-ring (bicyclic) bond motifs is 2. The summed E-state index contributed by atoms with van der Waals surface area (Å²) in [5.41, 5.74) is 5.25. The lowest BCUT2D eigenvalue weighted by Crippen LogP contribution is -2.18. The lowest BCUT2D eigenvalue weighted by Gasteiger charge is -2.17. The average molecular weight is 501 g/mol. The molecule has 0 saturated carbocycles. The number of aryl methyl sites for hydroxylation is 1. The van der Waals surface area contributed by atoms with Crippen LogP contribution in [0.1, 0.15) is 37.9 Å². The van der Waals surface area contributed by atoms with Crippen LogP contribution in [0.4, 0.5) is 10.2 Å². The monoisotopic (exact) mass is 500 g/mol. The number of carbonyl (C=O) groups excluding carboxylic acids is 1. The van der Waals surface area contributed by atoms with E-state index in [2.05, 4.69) is 39.6 Å². The number of hydrogen-bond acceptors (Lipinski definition) is 6. The zero-order valence-electron chi connectivity index (χ0n) is 21.7. The van der Waals surface area contributed by atoms with E-state index in [0.29, 0.717) is 25.0 Å². The van der Waals surface area contributed by atoms with Crippen LogP contribution in [0.5, 0.6) is 0 Å². The minimum absolute atomic E-state index is 0.0985. The predicted octanol–water partition coefficient (Wildman–Crippen LogP) is 6.17. The maximum Gasteiger partial charge on any atom is 0.153 e. The van der Waals surface area contributed by atoms with Crippen molar-refractivity contribution < 1.29 is 9.18 Å². The van der Waals surface area contributed by atoms with Gasteiger partial charge >= 0.3 is 0 Å². The highest BCUT2D eigenvalue weighted by molar-refractivity contribution is 6.03. The van der Waals surface area contributed by atoms with Gasteiger partial charge < -0.3 is 5.32 Å². The van der Waals surface area contributed by atoms with E-state index in [-0.39, 0.29) is 5.83 Å². The van der Waals surface area contributed by atoms with E-state index >= 15 is 0 Å². The SMILES string of the molecule is CC.CNc1cc(C2=C/C=C(/F)CC/C=C\2)nn1-c1ccc(C)cc1.O=CC1=C2CN(C=CC=N2)N=C1. The molecular weight excluding hydrogens is 467 g/mol. The molecule has 0 fully saturated rings. The number of rotatable bonds is 4. The number of halogens is 1. The topological polar surface area (TPSA) is 74.9 Å². The summed E-state index contributed by atoms with van der Waals surface area (Å²) in [6.45, 7) is 6.64. The Labute approximate surface area is 217 Å². The molecule has 5 rings (SSSR count). The van der Waals surface area contributed by atoms with Crippen LogP contribution in [-0.4, -0.2) is 47.1 Å². The second-order valence-electron chi connectivity index (χ2n) is 8.07. The number of hydrogen-bond donors (Lipinski definition) is 1. The molecule has 2 bridgehead atoms. The first-order valence-corrected chi connectivity index (χ1v) is 12.4. The third-order valence-corrected chi connectivity index (χ3v) is 5.52. The quantitative estimate of drug-likeness (QED) is 0.509. The van der Waals surface area contributed by atoms with Gasteiger partial charge in [0.05, 0.1) is 35.4 Å². The van der Waals surface area contributed by atoms with Crippen molar-refractivity contribution in [1.29, 1.82) is 0 Å².